The fourth-order valence-electron chi connectivity index (χ4n) is 6.00. The van der Waals surface area contributed by atoms with Gasteiger partial charge in [-0.25, -0.2) is 13.2 Å². The van der Waals surface area contributed by atoms with Crippen LogP contribution in [0.25, 0.3) is 0 Å². The van der Waals surface area contributed by atoms with Crippen LogP contribution in [0.5, 0.6) is 0 Å². The molecule has 0 atom stereocenters. The first kappa shape index (κ1) is 23.4. The van der Waals surface area contributed by atoms with Crippen LogP contribution in [-0.4, -0.2) is 63.2 Å². The molecule has 182 valence electrons. The lowest BCUT2D eigenvalue weighted by Crippen LogP contribution is -2.55. The number of carbonyl (C=O) groups is 1. The van der Waals surface area contributed by atoms with Crippen molar-refractivity contribution in [2.45, 2.75) is 54.5 Å². The highest BCUT2D eigenvalue weighted by Gasteiger charge is 2.55. The highest BCUT2D eigenvalue weighted by Crippen LogP contribution is 2.50. The number of hydrogen-bond donors (Lipinski definition) is 0. The third-order valence-corrected chi connectivity index (χ3v) is 9.50. The van der Waals surface area contributed by atoms with Gasteiger partial charge in [0.2, 0.25) is 0 Å². The van der Waals surface area contributed by atoms with E-state index in [1.165, 1.54) is 24.7 Å². The maximum absolute atomic E-state index is 13.7. The summed E-state index contributed by atoms with van der Waals surface area (Å²) in [6, 6.07) is 17.6. The predicted octanol–water partition coefficient (Wildman–Crippen LogP) is 4.51. The third-order valence-electron chi connectivity index (χ3n) is 8.38. The molecule has 0 N–H and O–H groups in total. The van der Waals surface area contributed by atoms with E-state index in [4.69, 9.17) is 0 Å². The molecule has 2 saturated carbocycles. The zero-order valence-electron chi connectivity index (χ0n) is 20.4. The zero-order valence-corrected chi connectivity index (χ0v) is 21.2. The summed E-state index contributed by atoms with van der Waals surface area (Å²) < 4.78 is 23.8. The Labute approximate surface area is 203 Å². The molecule has 1 aliphatic heterocycles. The maximum Gasteiger partial charge on any atom is 0.325 e. The van der Waals surface area contributed by atoms with E-state index in [0.29, 0.717) is 12.5 Å². The van der Waals surface area contributed by atoms with Crippen LogP contribution in [-0.2, 0) is 15.4 Å². The molecule has 1 spiro atoms. The Morgan fingerprint density at radius 2 is 1.56 bits per heavy atom. The maximum atomic E-state index is 13.7. The zero-order chi connectivity index (χ0) is 24.1. The first-order valence-corrected chi connectivity index (χ1v) is 14.2. The van der Waals surface area contributed by atoms with E-state index in [0.717, 1.165) is 37.9 Å². The number of carbonyl (C=O) groups excluding carboxylic acids is 1. The molecule has 2 amide bonds. The number of urea groups is 1. The Kier molecular flexibility index (Phi) is 5.76. The van der Waals surface area contributed by atoms with Gasteiger partial charge in [0.25, 0.3) is 0 Å². The van der Waals surface area contributed by atoms with Crippen molar-refractivity contribution in [3.63, 3.8) is 0 Å². The van der Waals surface area contributed by atoms with Crippen molar-refractivity contribution in [3.05, 3.63) is 60.2 Å². The number of hydrogen-bond acceptors (Lipinski definition) is 4. The van der Waals surface area contributed by atoms with Gasteiger partial charge in [-0.2, -0.15) is 0 Å². The van der Waals surface area contributed by atoms with Crippen LogP contribution in [0.3, 0.4) is 0 Å². The van der Waals surface area contributed by atoms with Crippen molar-refractivity contribution < 1.29 is 13.2 Å². The van der Waals surface area contributed by atoms with Crippen LogP contribution < -0.4 is 4.90 Å². The first-order chi connectivity index (χ1) is 16.1. The molecule has 2 aromatic carbocycles. The summed E-state index contributed by atoms with van der Waals surface area (Å²) in [6.45, 7) is 1.49. The number of sulfone groups is 1. The van der Waals surface area contributed by atoms with Crippen LogP contribution in [0.15, 0.2) is 59.5 Å². The first-order valence-electron chi connectivity index (χ1n) is 12.3. The van der Waals surface area contributed by atoms with Crippen molar-refractivity contribution in [2.75, 3.05) is 38.3 Å². The number of benzene rings is 2. The average molecular weight is 482 g/mol. The van der Waals surface area contributed by atoms with Gasteiger partial charge in [0.1, 0.15) is 0 Å². The number of nitrogens with zero attached hydrogens (tertiary/aromatic N) is 3. The molecule has 3 aliphatic rings. The summed E-state index contributed by atoms with van der Waals surface area (Å²) in [5.74, 6) is 0.614. The van der Waals surface area contributed by atoms with Crippen LogP contribution >= 0.6 is 0 Å². The molecule has 2 aliphatic carbocycles. The minimum Gasteiger partial charge on any atom is -0.317 e. The van der Waals surface area contributed by atoms with Crippen LogP contribution in [0.4, 0.5) is 10.5 Å². The molecule has 7 heteroatoms. The van der Waals surface area contributed by atoms with Crippen LogP contribution in [0.2, 0.25) is 0 Å². The molecule has 3 fully saturated rings. The summed E-state index contributed by atoms with van der Waals surface area (Å²) in [5.41, 5.74) is 1.93. The predicted molar refractivity (Wildman–Crippen MR) is 135 cm³/mol. The molecular weight excluding hydrogens is 446 g/mol. The standard InChI is InChI=1S/C27H35N3O3S/c1-28(2)27(22-7-5-4-6-8-22)17-15-26(16-18-27)20-29(25(31)30(26)19-21-9-10-21)23-11-13-24(14-12-23)34(3,32)33/h4-8,11-14,21H,9-10,15-20H2,1-3H3/t26-,27-. The van der Waals surface area contributed by atoms with Gasteiger partial charge in [-0.05, 0) is 88.4 Å². The molecule has 0 aromatic heterocycles. The lowest BCUT2D eigenvalue weighted by molar-refractivity contribution is 0.0249. The van der Waals surface area contributed by atoms with Gasteiger partial charge in [0, 0.05) is 24.0 Å². The molecule has 0 bridgehead atoms. The summed E-state index contributed by atoms with van der Waals surface area (Å²) in [7, 11) is 1.07. The molecule has 2 aromatic rings. The molecule has 0 unspecified atom stereocenters. The van der Waals surface area contributed by atoms with Gasteiger partial charge in [-0.1, -0.05) is 30.3 Å². The molecule has 1 heterocycles. The Hall–Kier alpha value is -2.38. The highest BCUT2D eigenvalue weighted by molar-refractivity contribution is 7.90. The molecule has 1 saturated heterocycles. The molecule has 5 rings (SSSR count). The third kappa shape index (κ3) is 4.03. The van der Waals surface area contributed by atoms with Gasteiger partial charge in [-0.3, -0.25) is 9.80 Å². The minimum atomic E-state index is -3.27. The second-order valence-corrected chi connectivity index (χ2v) is 12.7. The van der Waals surface area contributed by atoms with Crippen molar-refractivity contribution in [1.82, 2.24) is 9.80 Å². The Morgan fingerprint density at radius 3 is 2.09 bits per heavy atom. The van der Waals surface area contributed by atoms with E-state index in [1.807, 2.05) is 4.90 Å². The molecule has 34 heavy (non-hydrogen) atoms. The summed E-state index contributed by atoms with van der Waals surface area (Å²) in [6.07, 6.45) is 7.52. The number of anilines is 1. The van der Waals surface area contributed by atoms with E-state index in [1.54, 1.807) is 24.3 Å². The van der Waals surface area contributed by atoms with E-state index in [-0.39, 0.29) is 22.0 Å². The number of amides is 2. The highest BCUT2D eigenvalue weighted by atomic mass is 32.2. The fourth-order valence-corrected chi connectivity index (χ4v) is 6.63. The molecule has 0 radical (unpaired) electrons. The summed E-state index contributed by atoms with van der Waals surface area (Å²) >= 11 is 0. The number of rotatable bonds is 6. The normalized spacial score (nSPS) is 27.7. The van der Waals surface area contributed by atoms with Gasteiger partial charge in [0.05, 0.1) is 17.0 Å². The second-order valence-electron chi connectivity index (χ2n) is 10.7. The Bertz CT molecular complexity index is 1150. The summed E-state index contributed by atoms with van der Waals surface area (Å²) in [4.78, 5) is 20.4. The van der Waals surface area contributed by atoms with Gasteiger partial charge >= 0.3 is 6.03 Å². The Morgan fingerprint density at radius 1 is 0.941 bits per heavy atom. The lowest BCUT2D eigenvalue weighted by Gasteiger charge is -2.51. The van der Waals surface area contributed by atoms with Crippen molar-refractivity contribution in [3.8, 4) is 0 Å². The van der Waals surface area contributed by atoms with Gasteiger partial charge in [0.15, 0.2) is 9.84 Å². The van der Waals surface area contributed by atoms with E-state index in [2.05, 4.69) is 54.2 Å². The van der Waals surface area contributed by atoms with E-state index >= 15 is 0 Å². The smallest absolute Gasteiger partial charge is 0.317 e. The quantitative estimate of drug-likeness (QED) is 0.609. The topological polar surface area (TPSA) is 60.9 Å². The lowest BCUT2D eigenvalue weighted by atomic mass is 9.68. The fraction of sp³-hybridized carbons (Fsp3) is 0.519. The van der Waals surface area contributed by atoms with Gasteiger partial charge in [-0.15, -0.1) is 0 Å². The molecular formula is C27H35N3O3S. The van der Waals surface area contributed by atoms with Gasteiger partial charge < -0.3 is 4.90 Å². The Balaban J connectivity index is 1.44. The summed E-state index contributed by atoms with van der Waals surface area (Å²) in [5, 5.41) is 0. The molecule has 6 nitrogen and oxygen atoms in total. The SMILES string of the molecule is CN(C)[C@]1(c2ccccc2)CC[C@@]2(CC1)CN(c1ccc(S(C)(=O)=O)cc1)C(=O)N2CC1CC1. The van der Waals surface area contributed by atoms with E-state index in [9.17, 15) is 13.2 Å². The van der Waals surface area contributed by atoms with Crippen molar-refractivity contribution in [1.29, 1.82) is 0 Å². The minimum absolute atomic E-state index is 0.0225. The second kappa shape index (κ2) is 8.38. The average Bonchev–Trinajstić information content (AvgIpc) is 3.61. The van der Waals surface area contributed by atoms with Crippen molar-refractivity contribution in [2.24, 2.45) is 5.92 Å². The monoisotopic (exact) mass is 481 g/mol. The largest absolute Gasteiger partial charge is 0.325 e. The van der Waals surface area contributed by atoms with Crippen LogP contribution in [0.1, 0.15) is 44.1 Å². The van der Waals surface area contributed by atoms with Crippen LogP contribution in [0, 0.1) is 5.92 Å². The van der Waals surface area contributed by atoms with E-state index < -0.39 is 9.84 Å². The van der Waals surface area contributed by atoms with Crippen molar-refractivity contribution >= 4 is 21.6 Å².